The summed E-state index contributed by atoms with van der Waals surface area (Å²) in [6.45, 7) is 3.86. The normalized spacial score (nSPS) is 10.4. The number of aromatic nitrogens is 1. The highest BCUT2D eigenvalue weighted by Crippen LogP contribution is 2.26. The smallest absolute Gasteiger partial charge is 0.257 e. The molecule has 1 aromatic carbocycles. The number of hydrogen-bond acceptors (Lipinski definition) is 3. The van der Waals surface area contributed by atoms with Crippen LogP contribution < -0.4 is 11.1 Å². The summed E-state index contributed by atoms with van der Waals surface area (Å²) in [5.74, 6) is -0.0628. The third-order valence-electron chi connectivity index (χ3n) is 2.87. The zero-order valence-corrected chi connectivity index (χ0v) is 13.3. The van der Waals surface area contributed by atoms with Crippen molar-refractivity contribution in [1.29, 1.82) is 0 Å². The Kier molecular flexibility index (Phi) is 4.30. The first kappa shape index (κ1) is 14.8. The number of carbonyl (C=O) groups excluding carboxylic acids is 1. The third-order valence-corrected chi connectivity index (χ3v) is 3.63. The van der Waals surface area contributed by atoms with Crippen LogP contribution in [0, 0.1) is 13.8 Å². The zero-order valence-electron chi connectivity index (χ0n) is 11.0. The van der Waals surface area contributed by atoms with Gasteiger partial charge in [-0.15, -0.1) is 0 Å². The van der Waals surface area contributed by atoms with Crippen molar-refractivity contribution in [3.8, 4) is 0 Å². The average Bonchev–Trinajstić information content (AvgIpc) is 2.36. The van der Waals surface area contributed by atoms with Crippen LogP contribution in [0.2, 0.25) is 5.02 Å². The summed E-state index contributed by atoms with van der Waals surface area (Å²) in [7, 11) is 0. The van der Waals surface area contributed by atoms with Crippen LogP contribution >= 0.6 is 27.5 Å². The van der Waals surface area contributed by atoms with Crippen LogP contribution in [0.3, 0.4) is 0 Å². The Morgan fingerprint density at radius 3 is 2.45 bits per heavy atom. The molecule has 0 saturated carbocycles. The Labute approximate surface area is 130 Å². The van der Waals surface area contributed by atoms with E-state index in [1.165, 1.54) is 12.3 Å². The summed E-state index contributed by atoms with van der Waals surface area (Å²) < 4.78 is 0.975. The van der Waals surface area contributed by atoms with E-state index in [-0.39, 0.29) is 16.7 Å². The molecule has 0 aliphatic rings. The lowest BCUT2D eigenvalue weighted by Gasteiger charge is -2.12. The predicted octanol–water partition coefficient (Wildman–Crippen LogP) is 3.95. The number of anilines is 2. The highest BCUT2D eigenvalue weighted by Gasteiger charge is 2.12. The van der Waals surface area contributed by atoms with Gasteiger partial charge in [0.05, 0.1) is 10.6 Å². The summed E-state index contributed by atoms with van der Waals surface area (Å²) >= 11 is 9.29. The van der Waals surface area contributed by atoms with Crippen LogP contribution in [0.15, 0.2) is 28.9 Å². The van der Waals surface area contributed by atoms with Crippen LogP contribution in [0.25, 0.3) is 0 Å². The minimum absolute atomic E-state index is 0.208. The van der Waals surface area contributed by atoms with Gasteiger partial charge in [-0.25, -0.2) is 4.98 Å². The molecule has 0 aliphatic heterocycles. The van der Waals surface area contributed by atoms with Gasteiger partial charge in [-0.3, -0.25) is 4.79 Å². The number of benzene rings is 1. The minimum Gasteiger partial charge on any atom is -0.382 e. The van der Waals surface area contributed by atoms with E-state index in [9.17, 15) is 4.79 Å². The average molecular weight is 355 g/mol. The van der Waals surface area contributed by atoms with Crippen LogP contribution in [0.4, 0.5) is 11.5 Å². The standard InChI is InChI=1S/C14H13BrClN3O/c1-7-3-10(15)4-8(2)12(7)19-14(20)9-5-11(16)13(17)18-6-9/h3-6H,1-2H3,(H2,17,18)(H,19,20). The number of rotatable bonds is 2. The van der Waals surface area contributed by atoms with Gasteiger partial charge in [-0.05, 0) is 43.2 Å². The van der Waals surface area contributed by atoms with Gasteiger partial charge < -0.3 is 11.1 Å². The van der Waals surface area contributed by atoms with Crippen molar-refractivity contribution >= 4 is 44.9 Å². The fourth-order valence-corrected chi connectivity index (χ4v) is 2.72. The molecule has 2 aromatic rings. The van der Waals surface area contributed by atoms with E-state index in [2.05, 4.69) is 26.2 Å². The van der Waals surface area contributed by atoms with Crippen LogP contribution in [0.5, 0.6) is 0 Å². The molecule has 0 fully saturated rings. The number of nitrogens with two attached hydrogens (primary N) is 1. The molecule has 0 bridgehead atoms. The molecule has 0 unspecified atom stereocenters. The number of nitrogens with zero attached hydrogens (tertiary/aromatic N) is 1. The van der Waals surface area contributed by atoms with E-state index in [0.717, 1.165) is 21.3 Å². The maximum atomic E-state index is 12.2. The Hall–Kier alpha value is -1.59. The first-order valence-corrected chi connectivity index (χ1v) is 7.04. The molecule has 0 spiro atoms. The molecule has 104 valence electrons. The number of hydrogen-bond donors (Lipinski definition) is 2. The van der Waals surface area contributed by atoms with Gasteiger partial charge in [-0.1, -0.05) is 27.5 Å². The summed E-state index contributed by atoms with van der Waals surface area (Å²) in [6, 6.07) is 5.39. The van der Waals surface area contributed by atoms with Crippen molar-refractivity contribution in [2.24, 2.45) is 0 Å². The summed E-state index contributed by atoms with van der Waals surface area (Å²) in [5.41, 5.74) is 8.62. The molecule has 1 amide bonds. The maximum absolute atomic E-state index is 12.2. The monoisotopic (exact) mass is 353 g/mol. The minimum atomic E-state index is -0.270. The molecule has 0 aliphatic carbocycles. The second-order valence-corrected chi connectivity index (χ2v) is 5.78. The van der Waals surface area contributed by atoms with Crippen molar-refractivity contribution in [3.05, 3.63) is 50.6 Å². The molecular formula is C14H13BrClN3O. The lowest BCUT2D eigenvalue weighted by atomic mass is 10.1. The number of aryl methyl sites for hydroxylation is 2. The molecule has 6 heteroatoms. The van der Waals surface area contributed by atoms with Crippen LogP contribution in [-0.2, 0) is 0 Å². The van der Waals surface area contributed by atoms with Gasteiger partial charge in [0.25, 0.3) is 5.91 Å². The van der Waals surface area contributed by atoms with Gasteiger partial charge in [0, 0.05) is 16.4 Å². The highest BCUT2D eigenvalue weighted by molar-refractivity contribution is 9.10. The quantitative estimate of drug-likeness (QED) is 0.858. The lowest BCUT2D eigenvalue weighted by Crippen LogP contribution is -2.14. The fraction of sp³-hybridized carbons (Fsp3) is 0.143. The molecule has 3 N–H and O–H groups in total. The Morgan fingerprint density at radius 2 is 1.90 bits per heavy atom. The van der Waals surface area contributed by atoms with E-state index >= 15 is 0 Å². The number of amides is 1. The fourth-order valence-electron chi connectivity index (χ4n) is 1.87. The van der Waals surface area contributed by atoms with E-state index in [0.29, 0.717) is 5.56 Å². The second-order valence-electron chi connectivity index (χ2n) is 4.46. The summed E-state index contributed by atoms with van der Waals surface area (Å²) in [5, 5.41) is 3.14. The molecule has 1 aromatic heterocycles. The van der Waals surface area contributed by atoms with E-state index in [4.69, 9.17) is 17.3 Å². The summed E-state index contributed by atoms with van der Waals surface area (Å²) in [6.07, 6.45) is 1.40. The first-order valence-electron chi connectivity index (χ1n) is 5.87. The second kappa shape index (κ2) is 5.81. The molecule has 20 heavy (non-hydrogen) atoms. The molecule has 1 heterocycles. The van der Waals surface area contributed by atoms with Gasteiger partial charge in [-0.2, -0.15) is 0 Å². The topological polar surface area (TPSA) is 68.0 Å². The third kappa shape index (κ3) is 3.11. The van der Waals surface area contributed by atoms with Gasteiger partial charge in [0.15, 0.2) is 0 Å². The number of pyridine rings is 1. The Balaban J connectivity index is 2.30. The van der Waals surface area contributed by atoms with Crippen molar-refractivity contribution < 1.29 is 4.79 Å². The van der Waals surface area contributed by atoms with Crippen LogP contribution in [-0.4, -0.2) is 10.9 Å². The molecule has 4 nitrogen and oxygen atoms in total. The van der Waals surface area contributed by atoms with Gasteiger partial charge in [0.2, 0.25) is 0 Å². The predicted molar refractivity (Wildman–Crippen MR) is 85.2 cm³/mol. The van der Waals surface area contributed by atoms with E-state index < -0.39 is 0 Å². The molecule has 0 atom stereocenters. The lowest BCUT2D eigenvalue weighted by molar-refractivity contribution is 0.102. The molecule has 2 rings (SSSR count). The number of nitrogen functional groups attached to an aromatic ring is 1. The number of nitrogens with one attached hydrogen (secondary N) is 1. The number of halogens is 2. The van der Waals surface area contributed by atoms with Crippen LogP contribution in [0.1, 0.15) is 21.5 Å². The van der Waals surface area contributed by atoms with Crippen molar-refractivity contribution in [1.82, 2.24) is 4.98 Å². The SMILES string of the molecule is Cc1cc(Br)cc(C)c1NC(=O)c1cnc(N)c(Cl)c1. The molecule has 0 saturated heterocycles. The molecular weight excluding hydrogens is 342 g/mol. The first-order chi connectivity index (χ1) is 9.38. The van der Waals surface area contributed by atoms with Crippen molar-refractivity contribution in [3.63, 3.8) is 0 Å². The maximum Gasteiger partial charge on any atom is 0.257 e. The number of carbonyl (C=O) groups is 1. The molecule has 0 radical (unpaired) electrons. The van der Waals surface area contributed by atoms with E-state index in [1.807, 2.05) is 26.0 Å². The highest BCUT2D eigenvalue weighted by atomic mass is 79.9. The Morgan fingerprint density at radius 1 is 1.30 bits per heavy atom. The van der Waals surface area contributed by atoms with Gasteiger partial charge in [0.1, 0.15) is 5.82 Å². The Bertz CT molecular complexity index is 665. The zero-order chi connectivity index (χ0) is 14.9. The van der Waals surface area contributed by atoms with Gasteiger partial charge >= 0.3 is 0 Å². The largest absolute Gasteiger partial charge is 0.382 e. The summed E-state index contributed by atoms with van der Waals surface area (Å²) in [4.78, 5) is 16.1. The van der Waals surface area contributed by atoms with Crippen molar-refractivity contribution in [2.75, 3.05) is 11.1 Å². The van der Waals surface area contributed by atoms with Crippen molar-refractivity contribution in [2.45, 2.75) is 13.8 Å². The van der Waals surface area contributed by atoms with E-state index in [1.54, 1.807) is 0 Å².